The minimum atomic E-state index is -0.0891. The van der Waals surface area contributed by atoms with Crippen molar-refractivity contribution in [2.75, 3.05) is 18.0 Å². The number of aryl methyl sites for hydroxylation is 3. The van der Waals surface area contributed by atoms with Gasteiger partial charge in [0.15, 0.2) is 0 Å². The SMILES string of the molecule is Cc1cc(C)c(C#N)c(N2CCC(NC(=O)c3cnn(C)c3)CC2)n1. The highest BCUT2D eigenvalue weighted by Gasteiger charge is 2.24. The Bertz CT molecular complexity index is 827. The lowest BCUT2D eigenvalue weighted by atomic mass is 10.0. The van der Waals surface area contributed by atoms with E-state index in [1.54, 1.807) is 24.1 Å². The van der Waals surface area contributed by atoms with Gasteiger partial charge in [0.05, 0.1) is 17.3 Å². The summed E-state index contributed by atoms with van der Waals surface area (Å²) in [5, 5.41) is 16.5. The van der Waals surface area contributed by atoms with Crippen LogP contribution >= 0.6 is 0 Å². The van der Waals surface area contributed by atoms with Crippen molar-refractivity contribution in [1.29, 1.82) is 5.26 Å². The molecular weight excluding hydrogens is 316 g/mol. The third-order valence-corrected chi connectivity index (χ3v) is 4.53. The molecule has 7 heteroatoms. The average molecular weight is 338 g/mol. The van der Waals surface area contributed by atoms with Gasteiger partial charge in [0.25, 0.3) is 5.91 Å². The maximum Gasteiger partial charge on any atom is 0.254 e. The van der Waals surface area contributed by atoms with Gasteiger partial charge >= 0.3 is 0 Å². The number of rotatable bonds is 3. The van der Waals surface area contributed by atoms with Crippen LogP contribution in [0, 0.1) is 25.2 Å². The van der Waals surface area contributed by atoms with Crippen LogP contribution in [0.2, 0.25) is 0 Å². The van der Waals surface area contributed by atoms with Gasteiger partial charge in [-0.3, -0.25) is 9.48 Å². The van der Waals surface area contributed by atoms with E-state index in [1.165, 1.54) is 0 Å². The Hall–Kier alpha value is -2.88. The van der Waals surface area contributed by atoms with Crippen molar-refractivity contribution in [2.24, 2.45) is 7.05 Å². The Morgan fingerprint density at radius 1 is 1.36 bits per heavy atom. The molecule has 1 aliphatic heterocycles. The number of pyridine rings is 1. The van der Waals surface area contributed by atoms with Gasteiger partial charge < -0.3 is 10.2 Å². The zero-order valence-corrected chi connectivity index (χ0v) is 14.8. The summed E-state index contributed by atoms with van der Waals surface area (Å²) in [6.07, 6.45) is 4.93. The van der Waals surface area contributed by atoms with Gasteiger partial charge in [-0.25, -0.2) is 4.98 Å². The molecule has 25 heavy (non-hydrogen) atoms. The number of hydrogen-bond donors (Lipinski definition) is 1. The Morgan fingerprint density at radius 2 is 2.08 bits per heavy atom. The molecule has 3 heterocycles. The highest BCUT2D eigenvalue weighted by Crippen LogP contribution is 2.25. The minimum absolute atomic E-state index is 0.0891. The largest absolute Gasteiger partial charge is 0.355 e. The van der Waals surface area contributed by atoms with Gasteiger partial charge in [0.1, 0.15) is 11.9 Å². The zero-order valence-electron chi connectivity index (χ0n) is 14.8. The first-order chi connectivity index (χ1) is 12.0. The Balaban J connectivity index is 1.65. The predicted octanol–water partition coefficient (Wildman–Crippen LogP) is 1.70. The predicted molar refractivity (Wildman–Crippen MR) is 94.3 cm³/mol. The van der Waals surface area contributed by atoms with Crippen LogP contribution < -0.4 is 10.2 Å². The number of anilines is 1. The molecule has 0 aliphatic carbocycles. The molecule has 0 atom stereocenters. The van der Waals surface area contributed by atoms with Crippen molar-refractivity contribution < 1.29 is 4.79 Å². The molecule has 2 aromatic heterocycles. The van der Waals surface area contributed by atoms with E-state index in [2.05, 4.69) is 26.4 Å². The maximum atomic E-state index is 12.2. The molecule has 1 N–H and O–H groups in total. The van der Waals surface area contributed by atoms with Crippen LogP contribution in [-0.4, -0.2) is 39.8 Å². The Morgan fingerprint density at radius 3 is 2.68 bits per heavy atom. The monoisotopic (exact) mass is 338 g/mol. The maximum absolute atomic E-state index is 12.2. The number of nitrogens with zero attached hydrogens (tertiary/aromatic N) is 5. The van der Waals surface area contributed by atoms with Crippen LogP contribution in [0.5, 0.6) is 0 Å². The molecule has 7 nitrogen and oxygen atoms in total. The summed E-state index contributed by atoms with van der Waals surface area (Å²) in [6, 6.07) is 4.33. The molecule has 130 valence electrons. The van der Waals surface area contributed by atoms with Crippen molar-refractivity contribution in [1.82, 2.24) is 20.1 Å². The molecule has 2 aromatic rings. The number of nitriles is 1. The van der Waals surface area contributed by atoms with Crippen molar-refractivity contribution in [3.05, 3.63) is 40.8 Å². The fraction of sp³-hybridized carbons (Fsp3) is 0.444. The number of nitrogens with one attached hydrogen (secondary N) is 1. The zero-order chi connectivity index (χ0) is 18.0. The van der Waals surface area contributed by atoms with Crippen LogP contribution in [-0.2, 0) is 7.05 Å². The second-order valence-electron chi connectivity index (χ2n) is 6.53. The highest BCUT2D eigenvalue weighted by molar-refractivity contribution is 5.93. The first-order valence-corrected chi connectivity index (χ1v) is 8.40. The summed E-state index contributed by atoms with van der Waals surface area (Å²) in [6.45, 7) is 5.42. The van der Waals surface area contributed by atoms with Crippen LogP contribution in [0.25, 0.3) is 0 Å². The van der Waals surface area contributed by atoms with Crippen LogP contribution in [0.1, 0.15) is 40.0 Å². The summed E-state index contributed by atoms with van der Waals surface area (Å²) in [7, 11) is 1.79. The molecule has 1 aliphatic rings. The first kappa shape index (κ1) is 17.0. The molecule has 1 amide bonds. The van der Waals surface area contributed by atoms with Gasteiger partial charge in [-0.05, 0) is 38.3 Å². The number of aromatic nitrogens is 3. The molecule has 0 saturated carbocycles. The van der Waals surface area contributed by atoms with Crippen molar-refractivity contribution in [2.45, 2.75) is 32.7 Å². The lowest BCUT2D eigenvalue weighted by Gasteiger charge is -2.33. The molecule has 0 bridgehead atoms. The molecule has 3 rings (SSSR count). The quantitative estimate of drug-likeness (QED) is 0.920. The fourth-order valence-corrected chi connectivity index (χ4v) is 3.23. The second kappa shape index (κ2) is 6.93. The standard InChI is InChI=1S/C18H22N6O/c1-12-8-13(2)21-17(16(12)9-19)24-6-4-15(5-7-24)22-18(25)14-10-20-23(3)11-14/h8,10-11,15H,4-7H2,1-3H3,(H,22,25). The lowest BCUT2D eigenvalue weighted by Crippen LogP contribution is -2.45. The molecule has 1 fully saturated rings. The molecular formula is C18H22N6O. The normalized spacial score (nSPS) is 15.0. The number of amides is 1. The van der Waals surface area contributed by atoms with Crippen molar-refractivity contribution >= 4 is 11.7 Å². The molecule has 0 spiro atoms. The van der Waals surface area contributed by atoms with E-state index in [0.717, 1.165) is 43.0 Å². The number of hydrogen-bond acceptors (Lipinski definition) is 5. The molecule has 0 radical (unpaired) electrons. The van der Waals surface area contributed by atoms with Crippen molar-refractivity contribution in [3.8, 4) is 6.07 Å². The van der Waals surface area contributed by atoms with E-state index in [4.69, 9.17) is 0 Å². The lowest BCUT2D eigenvalue weighted by molar-refractivity contribution is 0.0931. The summed E-state index contributed by atoms with van der Waals surface area (Å²) < 4.78 is 1.62. The number of piperidine rings is 1. The van der Waals surface area contributed by atoms with Gasteiger partial charge in [-0.15, -0.1) is 0 Å². The molecule has 0 unspecified atom stereocenters. The fourth-order valence-electron chi connectivity index (χ4n) is 3.23. The third kappa shape index (κ3) is 3.63. The van der Waals surface area contributed by atoms with Gasteiger partial charge in [0, 0.05) is 38.1 Å². The summed E-state index contributed by atoms with van der Waals surface area (Å²) in [5.41, 5.74) is 3.09. The van der Waals surface area contributed by atoms with E-state index in [-0.39, 0.29) is 11.9 Å². The van der Waals surface area contributed by atoms with Crippen LogP contribution in [0.3, 0.4) is 0 Å². The van der Waals surface area contributed by atoms with Gasteiger partial charge in [-0.2, -0.15) is 10.4 Å². The number of carbonyl (C=O) groups is 1. The second-order valence-corrected chi connectivity index (χ2v) is 6.53. The Kier molecular flexibility index (Phi) is 4.70. The third-order valence-electron chi connectivity index (χ3n) is 4.53. The van der Waals surface area contributed by atoms with E-state index in [0.29, 0.717) is 11.1 Å². The highest BCUT2D eigenvalue weighted by atomic mass is 16.1. The van der Waals surface area contributed by atoms with Crippen LogP contribution in [0.4, 0.5) is 5.82 Å². The summed E-state index contributed by atoms with van der Waals surface area (Å²) in [4.78, 5) is 18.9. The van der Waals surface area contributed by atoms with Gasteiger partial charge in [-0.1, -0.05) is 0 Å². The first-order valence-electron chi connectivity index (χ1n) is 8.40. The van der Waals surface area contributed by atoms with Crippen molar-refractivity contribution in [3.63, 3.8) is 0 Å². The average Bonchev–Trinajstić information content (AvgIpc) is 3.01. The van der Waals surface area contributed by atoms with E-state index in [1.807, 2.05) is 19.9 Å². The summed E-state index contributed by atoms with van der Waals surface area (Å²) in [5.74, 6) is 0.672. The summed E-state index contributed by atoms with van der Waals surface area (Å²) >= 11 is 0. The Labute approximate surface area is 147 Å². The topological polar surface area (TPSA) is 86.8 Å². The van der Waals surface area contributed by atoms with E-state index >= 15 is 0 Å². The minimum Gasteiger partial charge on any atom is -0.355 e. The smallest absolute Gasteiger partial charge is 0.254 e. The van der Waals surface area contributed by atoms with E-state index < -0.39 is 0 Å². The van der Waals surface area contributed by atoms with Gasteiger partial charge in [0.2, 0.25) is 0 Å². The molecule has 0 aromatic carbocycles. The number of carbonyl (C=O) groups excluding carboxylic acids is 1. The molecule has 1 saturated heterocycles. The van der Waals surface area contributed by atoms with E-state index in [9.17, 15) is 10.1 Å². The van der Waals surface area contributed by atoms with Crippen LogP contribution in [0.15, 0.2) is 18.5 Å².